The van der Waals surface area contributed by atoms with E-state index in [-0.39, 0.29) is 5.91 Å². The van der Waals surface area contributed by atoms with E-state index in [4.69, 9.17) is 0 Å². The summed E-state index contributed by atoms with van der Waals surface area (Å²) in [6, 6.07) is 0.319. The Balaban J connectivity index is 1.90. The maximum absolute atomic E-state index is 11.9. The molecule has 1 aromatic rings. The van der Waals surface area contributed by atoms with Gasteiger partial charge in [-0.1, -0.05) is 13.8 Å². The molecule has 0 saturated heterocycles. The van der Waals surface area contributed by atoms with Gasteiger partial charge in [-0.05, 0) is 6.42 Å². The second kappa shape index (κ2) is 5.48. The van der Waals surface area contributed by atoms with Gasteiger partial charge in [0.1, 0.15) is 5.82 Å². The molecule has 0 saturated carbocycles. The number of hydrogen-bond acceptors (Lipinski definition) is 4. The summed E-state index contributed by atoms with van der Waals surface area (Å²) in [7, 11) is 1.81. The quantitative estimate of drug-likeness (QED) is 0.811. The Bertz CT molecular complexity index is 426. The molecule has 1 aliphatic heterocycles. The van der Waals surface area contributed by atoms with Gasteiger partial charge in [0.05, 0.1) is 13.1 Å². The van der Waals surface area contributed by atoms with Crippen molar-refractivity contribution in [3.63, 3.8) is 0 Å². The van der Waals surface area contributed by atoms with Gasteiger partial charge < -0.3 is 14.8 Å². The van der Waals surface area contributed by atoms with E-state index in [0.29, 0.717) is 19.1 Å². The lowest BCUT2D eigenvalue weighted by Crippen LogP contribution is -2.38. The lowest BCUT2D eigenvalue weighted by atomic mass is 10.4. The van der Waals surface area contributed by atoms with Crippen molar-refractivity contribution in [1.82, 2.24) is 25.0 Å². The molecule has 0 radical (unpaired) electrons. The number of nitrogens with one attached hydrogen (secondary N) is 1. The van der Waals surface area contributed by atoms with E-state index in [1.165, 1.54) is 0 Å². The van der Waals surface area contributed by atoms with Gasteiger partial charge in [0, 0.05) is 26.1 Å². The van der Waals surface area contributed by atoms with Crippen LogP contribution in [0.3, 0.4) is 0 Å². The molecule has 0 spiro atoms. The van der Waals surface area contributed by atoms with E-state index in [2.05, 4.69) is 20.1 Å². The predicted octanol–water partition coefficient (Wildman–Crippen LogP) is 0.181. The fourth-order valence-electron chi connectivity index (χ4n) is 2.05. The molecule has 0 aromatic carbocycles. The molecule has 100 valence electrons. The summed E-state index contributed by atoms with van der Waals surface area (Å²) in [5.41, 5.74) is 0. The monoisotopic (exact) mass is 251 g/mol. The first-order valence-electron chi connectivity index (χ1n) is 6.46. The minimum atomic E-state index is 0.0825. The number of likely N-dealkylation sites (N-methyl/N-ethyl adjacent to an activating group) is 1. The van der Waals surface area contributed by atoms with E-state index in [0.717, 1.165) is 31.0 Å². The number of hydrogen-bond donors (Lipinski definition) is 1. The topological polar surface area (TPSA) is 63.1 Å². The number of aryl methyl sites for hydroxylation is 1. The van der Waals surface area contributed by atoms with Crippen LogP contribution in [0, 0.1) is 0 Å². The van der Waals surface area contributed by atoms with Crippen molar-refractivity contribution >= 4 is 5.91 Å². The van der Waals surface area contributed by atoms with Gasteiger partial charge in [-0.15, -0.1) is 10.2 Å². The van der Waals surface area contributed by atoms with Gasteiger partial charge >= 0.3 is 0 Å². The molecular formula is C12H21N5O. The van der Waals surface area contributed by atoms with E-state index < -0.39 is 0 Å². The van der Waals surface area contributed by atoms with Crippen molar-refractivity contribution in [3.8, 4) is 0 Å². The first-order chi connectivity index (χ1) is 8.58. The number of nitrogens with zero attached hydrogens (tertiary/aromatic N) is 4. The van der Waals surface area contributed by atoms with Crippen molar-refractivity contribution in [2.75, 3.05) is 13.6 Å². The van der Waals surface area contributed by atoms with Crippen molar-refractivity contribution in [2.24, 2.45) is 0 Å². The average molecular weight is 251 g/mol. The Kier molecular flexibility index (Phi) is 3.96. The number of rotatable bonds is 5. The molecule has 6 nitrogen and oxygen atoms in total. The fraction of sp³-hybridized carbons (Fsp3) is 0.750. The van der Waals surface area contributed by atoms with Crippen LogP contribution in [0.1, 0.15) is 31.9 Å². The lowest BCUT2D eigenvalue weighted by molar-refractivity contribution is -0.129. The molecule has 1 aromatic heterocycles. The molecule has 0 unspecified atom stereocenters. The highest BCUT2D eigenvalue weighted by Gasteiger charge is 2.19. The lowest BCUT2D eigenvalue weighted by Gasteiger charge is -2.18. The Morgan fingerprint density at radius 3 is 3.00 bits per heavy atom. The summed E-state index contributed by atoms with van der Waals surface area (Å²) < 4.78 is 2.12. The highest BCUT2D eigenvalue weighted by atomic mass is 16.2. The molecule has 0 fully saturated rings. The summed E-state index contributed by atoms with van der Waals surface area (Å²) in [5, 5.41) is 11.4. The first-order valence-corrected chi connectivity index (χ1v) is 6.46. The van der Waals surface area contributed by atoms with Crippen LogP contribution in [0.15, 0.2) is 0 Å². The summed E-state index contributed by atoms with van der Waals surface area (Å²) in [6.45, 7) is 5.93. The van der Waals surface area contributed by atoms with Crippen LogP contribution < -0.4 is 5.32 Å². The van der Waals surface area contributed by atoms with Crippen molar-refractivity contribution in [2.45, 2.75) is 45.8 Å². The SMILES string of the molecule is CC(C)NCC(=O)N(C)Cc1nnc2n1CCC2. The molecule has 0 atom stereocenters. The molecule has 1 N–H and O–H groups in total. The van der Waals surface area contributed by atoms with Gasteiger partial charge in [-0.25, -0.2) is 0 Å². The molecular weight excluding hydrogens is 230 g/mol. The zero-order valence-electron chi connectivity index (χ0n) is 11.3. The standard InChI is InChI=1S/C12H21N5O/c1-9(2)13-7-12(18)16(3)8-11-15-14-10-5-4-6-17(10)11/h9,13H,4-8H2,1-3H3. The molecule has 2 rings (SSSR count). The number of carbonyl (C=O) groups is 1. The Morgan fingerprint density at radius 2 is 2.28 bits per heavy atom. The molecule has 18 heavy (non-hydrogen) atoms. The van der Waals surface area contributed by atoms with Crippen LogP contribution in [0.2, 0.25) is 0 Å². The van der Waals surface area contributed by atoms with Crippen molar-refractivity contribution in [1.29, 1.82) is 0 Å². The van der Waals surface area contributed by atoms with Crippen LogP contribution >= 0.6 is 0 Å². The summed E-state index contributed by atoms with van der Waals surface area (Å²) >= 11 is 0. The first kappa shape index (κ1) is 13.0. The Morgan fingerprint density at radius 1 is 1.50 bits per heavy atom. The van der Waals surface area contributed by atoms with Crippen molar-refractivity contribution in [3.05, 3.63) is 11.6 Å². The third-order valence-corrected chi connectivity index (χ3v) is 3.15. The normalized spacial score (nSPS) is 14.0. The summed E-state index contributed by atoms with van der Waals surface area (Å²) in [4.78, 5) is 13.6. The van der Waals surface area contributed by atoms with Gasteiger partial charge in [-0.3, -0.25) is 4.79 Å². The third kappa shape index (κ3) is 2.87. The molecule has 0 bridgehead atoms. The van der Waals surface area contributed by atoms with E-state index in [9.17, 15) is 4.79 Å². The average Bonchev–Trinajstić information content (AvgIpc) is 2.90. The third-order valence-electron chi connectivity index (χ3n) is 3.15. The Labute approximate surface area is 107 Å². The van der Waals surface area contributed by atoms with Crippen LogP contribution in [0.25, 0.3) is 0 Å². The zero-order chi connectivity index (χ0) is 13.1. The van der Waals surface area contributed by atoms with E-state index >= 15 is 0 Å². The minimum Gasteiger partial charge on any atom is -0.337 e. The maximum Gasteiger partial charge on any atom is 0.236 e. The zero-order valence-corrected chi connectivity index (χ0v) is 11.3. The van der Waals surface area contributed by atoms with Crippen LogP contribution in [-0.2, 0) is 24.3 Å². The van der Waals surface area contributed by atoms with Gasteiger partial charge in [0.15, 0.2) is 5.82 Å². The van der Waals surface area contributed by atoms with E-state index in [1.54, 1.807) is 11.9 Å². The Hall–Kier alpha value is -1.43. The molecule has 1 aliphatic rings. The fourth-order valence-corrected chi connectivity index (χ4v) is 2.05. The largest absolute Gasteiger partial charge is 0.337 e. The molecule has 1 amide bonds. The molecule has 2 heterocycles. The second-order valence-electron chi connectivity index (χ2n) is 5.07. The second-order valence-corrected chi connectivity index (χ2v) is 5.07. The summed E-state index contributed by atoms with van der Waals surface area (Å²) in [5.74, 6) is 2.02. The minimum absolute atomic E-state index is 0.0825. The summed E-state index contributed by atoms with van der Waals surface area (Å²) in [6.07, 6.45) is 2.13. The van der Waals surface area contributed by atoms with Gasteiger partial charge in [-0.2, -0.15) is 0 Å². The smallest absolute Gasteiger partial charge is 0.236 e. The molecule has 6 heteroatoms. The van der Waals surface area contributed by atoms with Gasteiger partial charge in [0.25, 0.3) is 0 Å². The highest BCUT2D eigenvalue weighted by molar-refractivity contribution is 5.77. The number of carbonyl (C=O) groups excluding carboxylic acids is 1. The highest BCUT2D eigenvalue weighted by Crippen LogP contribution is 2.14. The van der Waals surface area contributed by atoms with Crippen LogP contribution in [0.5, 0.6) is 0 Å². The number of aromatic nitrogens is 3. The number of fused-ring (bicyclic) bond motifs is 1. The van der Waals surface area contributed by atoms with E-state index in [1.807, 2.05) is 13.8 Å². The van der Waals surface area contributed by atoms with Crippen molar-refractivity contribution < 1.29 is 4.79 Å². The van der Waals surface area contributed by atoms with Gasteiger partial charge in [0.2, 0.25) is 5.91 Å². The maximum atomic E-state index is 11.9. The number of amides is 1. The van der Waals surface area contributed by atoms with Crippen LogP contribution in [0.4, 0.5) is 0 Å². The predicted molar refractivity (Wildman–Crippen MR) is 68.0 cm³/mol. The van der Waals surface area contributed by atoms with Crippen LogP contribution in [-0.4, -0.2) is 45.2 Å². The molecule has 0 aliphatic carbocycles.